The van der Waals surface area contributed by atoms with Gasteiger partial charge < -0.3 is 14.6 Å². The second-order valence-corrected chi connectivity index (χ2v) is 6.95. The maximum absolute atomic E-state index is 12.9. The molecule has 2 fully saturated rings. The third kappa shape index (κ3) is 3.52. The van der Waals surface area contributed by atoms with E-state index in [0.29, 0.717) is 25.5 Å². The summed E-state index contributed by atoms with van der Waals surface area (Å²) >= 11 is 0. The molecular formula is C17H26N4O3. The summed E-state index contributed by atoms with van der Waals surface area (Å²) in [6, 6.07) is 1.55. The lowest BCUT2D eigenvalue weighted by Crippen LogP contribution is -2.50. The lowest BCUT2D eigenvalue weighted by Gasteiger charge is -2.39. The molecule has 7 heteroatoms. The van der Waals surface area contributed by atoms with E-state index in [9.17, 15) is 9.59 Å². The molecule has 3 rings (SSSR count). The van der Waals surface area contributed by atoms with Crippen molar-refractivity contribution in [1.82, 2.24) is 19.8 Å². The molecule has 1 spiro atoms. The van der Waals surface area contributed by atoms with Crippen LogP contribution in [0.25, 0.3) is 0 Å². The quantitative estimate of drug-likeness (QED) is 0.850. The minimum Gasteiger partial charge on any atom is -0.383 e. The summed E-state index contributed by atoms with van der Waals surface area (Å²) in [5.41, 5.74) is 0.390. The number of aromatic nitrogens is 2. The van der Waals surface area contributed by atoms with Crippen LogP contribution >= 0.6 is 0 Å². The fraction of sp³-hybridized carbons (Fsp3) is 0.706. The van der Waals surface area contributed by atoms with Crippen LogP contribution in [0.3, 0.4) is 0 Å². The highest BCUT2D eigenvalue weighted by molar-refractivity contribution is 5.84. The van der Waals surface area contributed by atoms with Gasteiger partial charge in [0.25, 0.3) is 5.56 Å². The normalized spacial score (nSPS) is 24.9. The van der Waals surface area contributed by atoms with Crippen molar-refractivity contribution in [3.05, 3.63) is 27.9 Å². The number of aryl methyl sites for hydroxylation is 1. The molecule has 2 aliphatic heterocycles. The summed E-state index contributed by atoms with van der Waals surface area (Å²) in [6.45, 7) is 6.12. The Hall–Kier alpha value is -1.73. The number of ether oxygens (including phenoxy) is 1. The molecule has 7 nitrogen and oxygen atoms in total. The van der Waals surface area contributed by atoms with Crippen LogP contribution in [0, 0.1) is 12.3 Å². The third-order valence-electron chi connectivity index (χ3n) is 5.12. The van der Waals surface area contributed by atoms with Gasteiger partial charge in [0.1, 0.15) is 5.82 Å². The number of carbonyl (C=O) groups is 1. The number of nitrogens with one attached hydrogen (secondary N) is 1. The molecule has 1 atom stereocenters. The SMILES string of the molecule is COCCN1CCC[C@]2(CCN(Cc3cc(=O)[nH]c(C)n3)C2)C1=O. The van der Waals surface area contributed by atoms with E-state index in [2.05, 4.69) is 14.9 Å². The number of piperidine rings is 1. The van der Waals surface area contributed by atoms with Gasteiger partial charge in [-0.3, -0.25) is 14.5 Å². The number of likely N-dealkylation sites (tertiary alicyclic amines) is 2. The molecule has 0 bridgehead atoms. The van der Waals surface area contributed by atoms with E-state index in [-0.39, 0.29) is 16.9 Å². The molecule has 3 heterocycles. The summed E-state index contributed by atoms with van der Waals surface area (Å²) < 4.78 is 5.12. The van der Waals surface area contributed by atoms with Crippen molar-refractivity contribution in [2.75, 3.05) is 39.9 Å². The smallest absolute Gasteiger partial charge is 0.251 e. The molecule has 1 N–H and O–H groups in total. The Kier molecular flexibility index (Phi) is 5.01. The van der Waals surface area contributed by atoms with Crippen molar-refractivity contribution in [1.29, 1.82) is 0 Å². The number of nitrogens with zero attached hydrogens (tertiary/aromatic N) is 3. The third-order valence-corrected chi connectivity index (χ3v) is 5.12. The number of hydrogen-bond donors (Lipinski definition) is 1. The van der Waals surface area contributed by atoms with E-state index in [0.717, 1.165) is 44.6 Å². The Morgan fingerprint density at radius 1 is 1.33 bits per heavy atom. The van der Waals surface area contributed by atoms with Gasteiger partial charge in [-0.1, -0.05) is 0 Å². The zero-order valence-corrected chi connectivity index (χ0v) is 14.5. The van der Waals surface area contributed by atoms with Crippen molar-refractivity contribution in [3.63, 3.8) is 0 Å². The largest absolute Gasteiger partial charge is 0.383 e. The average Bonchev–Trinajstić information content (AvgIpc) is 2.92. The van der Waals surface area contributed by atoms with Gasteiger partial charge in [-0.05, 0) is 32.7 Å². The highest BCUT2D eigenvalue weighted by Crippen LogP contribution is 2.40. The summed E-state index contributed by atoms with van der Waals surface area (Å²) in [5, 5.41) is 0. The molecule has 24 heavy (non-hydrogen) atoms. The van der Waals surface area contributed by atoms with E-state index in [1.165, 1.54) is 0 Å². The van der Waals surface area contributed by atoms with Gasteiger partial charge in [0.05, 0.1) is 17.7 Å². The second kappa shape index (κ2) is 7.03. The standard InChI is InChI=1S/C17H26N4O3/c1-13-18-14(10-15(22)19-13)11-20-7-5-17(12-20)4-3-6-21(16(17)23)8-9-24-2/h10H,3-9,11-12H2,1-2H3,(H,18,19,22)/t17-/m1/s1. The van der Waals surface area contributed by atoms with Crippen LogP contribution in [-0.4, -0.2) is 65.6 Å². The lowest BCUT2D eigenvalue weighted by atomic mass is 9.78. The van der Waals surface area contributed by atoms with E-state index in [1.54, 1.807) is 20.1 Å². The average molecular weight is 334 g/mol. The number of methoxy groups -OCH3 is 1. The number of amides is 1. The van der Waals surface area contributed by atoms with Crippen molar-refractivity contribution in [2.24, 2.45) is 5.41 Å². The van der Waals surface area contributed by atoms with Gasteiger partial charge in [-0.2, -0.15) is 0 Å². The Morgan fingerprint density at radius 2 is 2.17 bits per heavy atom. The molecule has 1 aromatic heterocycles. The Bertz CT molecular complexity index is 659. The van der Waals surface area contributed by atoms with Crippen LogP contribution < -0.4 is 5.56 Å². The van der Waals surface area contributed by atoms with Gasteiger partial charge in [0.2, 0.25) is 5.91 Å². The zero-order valence-electron chi connectivity index (χ0n) is 14.5. The van der Waals surface area contributed by atoms with Crippen molar-refractivity contribution >= 4 is 5.91 Å². The molecule has 1 amide bonds. The first-order valence-electron chi connectivity index (χ1n) is 8.60. The van der Waals surface area contributed by atoms with Crippen molar-refractivity contribution in [3.8, 4) is 0 Å². The second-order valence-electron chi connectivity index (χ2n) is 6.95. The number of carbonyl (C=O) groups excluding carboxylic acids is 1. The minimum atomic E-state index is -0.262. The summed E-state index contributed by atoms with van der Waals surface area (Å²) in [6.07, 6.45) is 2.89. The Balaban J connectivity index is 1.67. The number of rotatable bonds is 5. The van der Waals surface area contributed by atoms with E-state index in [4.69, 9.17) is 4.74 Å². The van der Waals surface area contributed by atoms with Crippen molar-refractivity contribution < 1.29 is 9.53 Å². The molecule has 0 aliphatic carbocycles. The summed E-state index contributed by atoms with van der Waals surface area (Å²) in [4.78, 5) is 35.8. The number of H-pyrrole nitrogens is 1. The first-order valence-corrected chi connectivity index (χ1v) is 8.60. The predicted octanol–water partition coefficient (Wildman–Crippen LogP) is 0.539. The molecule has 132 valence electrons. The molecule has 0 saturated carbocycles. The highest BCUT2D eigenvalue weighted by atomic mass is 16.5. The topological polar surface area (TPSA) is 78.5 Å². The fourth-order valence-electron chi connectivity index (χ4n) is 3.99. The molecule has 0 unspecified atom stereocenters. The zero-order chi connectivity index (χ0) is 17.2. The van der Waals surface area contributed by atoms with E-state index >= 15 is 0 Å². The molecule has 0 radical (unpaired) electrons. The van der Waals surface area contributed by atoms with E-state index < -0.39 is 0 Å². The highest BCUT2D eigenvalue weighted by Gasteiger charge is 2.48. The maximum atomic E-state index is 12.9. The molecule has 2 saturated heterocycles. The van der Waals surface area contributed by atoms with E-state index in [1.807, 2.05) is 4.90 Å². The van der Waals surface area contributed by atoms with Crippen LogP contribution in [0.2, 0.25) is 0 Å². The molecule has 2 aliphatic rings. The van der Waals surface area contributed by atoms with Crippen LogP contribution in [0.5, 0.6) is 0 Å². The van der Waals surface area contributed by atoms with Crippen LogP contribution in [0.1, 0.15) is 30.8 Å². The van der Waals surface area contributed by atoms with Gasteiger partial charge in [0.15, 0.2) is 0 Å². The Morgan fingerprint density at radius 3 is 2.92 bits per heavy atom. The van der Waals surface area contributed by atoms with Crippen molar-refractivity contribution in [2.45, 2.75) is 32.7 Å². The molecular weight excluding hydrogens is 308 g/mol. The fourth-order valence-corrected chi connectivity index (χ4v) is 3.99. The Labute approximate surface area is 142 Å². The first kappa shape index (κ1) is 17.1. The molecule has 1 aromatic rings. The summed E-state index contributed by atoms with van der Waals surface area (Å²) in [7, 11) is 1.66. The number of aromatic amines is 1. The van der Waals surface area contributed by atoms with Gasteiger partial charge >= 0.3 is 0 Å². The number of hydrogen-bond acceptors (Lipinski definition) is 5. The molecule has 0 aromatic carbocycles. The predicted molar refractivity (Wildman–Crippen MR) is 89.6 cm³/mol. The van der Waals surface area contributed by atoms with Gasteiger partial charge in [-0.15, -0.1) is 0 Å². The van der Waals surface area contributed by atoms with Crippen LogP contribution in [-0.2, 0) is 16.1 Å². The lowest BCUT2D eigenvalue weighted by molar-refractivity contribution is -0.146. The summed E-state index contributed by atoms with van der Waals surface area (Å²) in [5.74, 6) is 0.897. The van der Waals surface area contributed by atoms with Crippen LogP contribution in [0.15, 0.2) is 10.9 Å². The first-order chi connectivity index (χ1) is 11.5. The monoisotopic (exact) mass is 334 g/mol. The van der Waals surface area contributed by atoms with Crippen LogP contribution in [0.4, 0.5) is 0 Å². The maximum Gasteiger partial charge on any atom is 0.251 e. The minimum absolute atomic E-state index is 0.120. The van der Waals surface area contributed by atoms with Gasteiger partial charge in [-0.25, -0.2) is 4.98 Å². The van der Waals surface area contributed by atoms with Gasteiger partial charge in [0, 0.05) is 39.4 Å².